The fraction of sp³-hybridized carbons (Fsp3) is 0. The van der Waals surface area contributed by atoms with Crippen molar-refractivity contribution in [3.8, 4) is 0 Å². The molecule has 0 spiro atoms. The van der Waals surface area contributed by atoms with E-state index < -0.39 is 0 Å². The zero-order valence-corrected chi connectivity index (χ0v) is 7.33. The van der Waals surface area contributed by atoms with Gasteiger partial charge in [-0.25, -0.2) is 0 Å². The second kappa shape index (κ2) is 2.46. The van der Waals surface area contributed by atoms with Crippen molar-refractivity contribution < 1.29 is 9.59 Å². The number of rotatable bonds is 0. The number of fused-ring (bicyclic) bond motifs is 1. The van der Waals surface area contributed by atoms with Gasteiger partial charge in [0.2, 0.25) is 0 Å². The summed E-state index contributed by atoms with van der Waals surface area (Å²) >= 11 is 1.69. The van der Waals surface area contributed by atoms with Crippen molar-refractivity contribution in [3.63, 3.8) is 0 Å². The number of hydrogen-bond donors (Lipinski definition) is 0. The smallest absolute Gasteiger partial charge is 0.288 e. The van der Waals surface area contributed by atoms with Gasteiger partial charge in [0.1, 0.15) is 9.75 Å². The van der Waals surface area contributed by atoms with Gasteiger partial charge in [-0.3, -0.25) is 14.4 Å². The van der Waals surface area contributed by atoms with Crippen LogP contribution in [0, 0.1) is 0 Å². The molecule has 5 heteroatoms. The van der Waals surface area contributed by atoms with E-state index in [4.69, 9.17) is 0 Å². The van der Waals surface area contributed by atoms with Crippen LogP contribution in [0.4, 0.5) is 0 Å². The predicted molar refractivity (Wildman–Crippen MR) is 46.3 cm³/mol. The minimum absolute atomic E-state index is 0.203. The van der Waals surface area contributed by atoms with Crippen molar-refractivity contribution in [1.82, 2.24) is 0 Å². The first kappa shape index (κ1) is 7.57. The lowest BCUT2D eigenvalue weighted by Gasteiger charge is -1.98. The second-order valence-electron chi connectivity index (χ2n) is 2.17. The Morgan fingerprint density at radius 3 is 1.67 bits per heavy atom. The first-order valence-electron chi connectivity index (χ1n) is 3.09. The fourth-order valence-electron chi connectivity index (χ4n) is 0.907. The van der Waals surface area contributed by atoms with E-state index in [1.54, 1.807) is 0 Å². The second-order valence-corrected chi connectivity index (χ2v) is 4.40. The van der Waals surface area contributed by atoms with Crippen molar-refractivity contribution in [2.75, 3.05) is 0 Å². The van der Waals surface area contributed by atoms with Crippen molar-refractivity contribution >= 4 is 34.2 Å². The Morgan fingerprint density at radius 1 is 0.833 bits per heavy atom. The van der Waals surface area contributed by atoms with E-state index in [9.17, 15) is 14.4 Å². The highest BCUT2D eigenvalue weighted by Crippen LogP contribution is 2.22. The Morgan fingerprint density at radius 2 is 1.25 bits per heavy atom. The topological polar surface area (TPSA) is 51.2 Å². The third-order valence-corrected chi connectivity index (χ3v) is 3.59. The first-order valence-corrected chi connectivity index (χ1v) is 4.72. The van der Waals surface area contributed by atoms with Gasteiger partial charge in [0.05, 0.1) is 0 Å². The van der Waals surface area contributed by atoms with Crippen LogP contribution in [-0.2, 0) is 0 Å². The lowest BCUT2D eigenvalue weighted by atomic mass is 10.1. The Balaban J connectivity index is 2.76. The maximum Gasteiger partial charge on any atom is 0.288 e. The summed E-state index contributed by atoms with van der Waals surface area (Å²) in [6.07, 6.45) is 2.40. The zero-order valence-electron chi connectivity index (χ0n) is 5.70. The molecule has 0 amide bonds. The molecule has 0 radical (unpaired) electrons. The van der Waals surface area contributed by atoms with E-state index in [1.807, 2.05) is 0 Å². The van der Waals surface area contributed by atoms with Crippen LogP contribution in [0.2, 0.25) is 0 Å². The van der Waals surface area contributed by atoms with Crippen molar-refractivity contribution in [2.45, 2.75) is 0 Å². The van der Waals surface area contributed by atoms with E-state index in [2.05, 4.69) is 0 Å². The Labute approximate surface area is 75.0 Å². The molecule has 0 aliphatic heterocycles. The van der Waals surface area contributed by atoms with Gasteiger partial charge in [-0.2, -0.15) is 0 Å². The fourth-order valence-corrected chi connectivity index (χ4v) is 2.88. The highest BCUT2D eigenvalue weighted by molar-refractivity contribution is 7.30. The molecular weight excluding hydrogens is 196 g/mol. The summed E-state index contributed by atoms with van der Waals surface area (Å²) in [7, 11) is 0. The largest absolute Gasteiger partial charge is 0.288 e. The molecule has 3 nitrogen and oxygen atoms in total. The molecule has 1 heterocycles. The van der Waals surface area contributed by atoms with Gasteiger partial charge in [-0.1, -0.05) is 22.7 Å². The molecule has 0 N–H and O–H groups in total. The van der Waals surface area contributed by atoms with Crippen molar-refractivity contribution in [3.05, 3.63) is 30.8 Å². The molecule has 0 fully saturated rings. The molecule has 1 aliphatic rings. The number of carbonyl (C=O) groups is 2. The van der Waals surface area contributed by atoms with Gasteiger partial charge in [0, 0.05) is 0 Å². The number of carbonyl (C=O) groups excluding carboxylic acids is 2. The normalized spacial score (nSPS) is 15.0. The average molecular weight is 198 g/mol. The molecule has 0 unspecified atom stereocenters. The molecule has 1 aromatic rings. The van der Waals surface area contributed by atoms with E-state index in [0.29, 0.717) is 0 Å². The Bertz CT molecular complexity index is 411. The summed E-state index contributed by atoms with van der Waals surface area (Å²) in [5.74, 6) is -0.485. The third kappa shape index (κ3) is 0.981. The van der Waals surface area contributed by atoms with E-state index in [1.165, 1.54) is 12.2 Å². The molecule has 12 heavy (non-hydrogen) atoms. The van der Waals surface area contributed by atoms with E-state index in [-0.39, 0.29) is 25.4 Å². The minimum Gasteiger partial charge on any atom is -0.288 e. The monoisotopic (exact) mass is 198 g/mol. The number of allylic oxidation sites excluding steroid dienone is 2. The predicted octanol–water partition coefficient (Wildman–Crippen LogP) is 1.10. The molecule has 2 rings (SSSR count). The SMILES string of the molecule is O=C1C=CC(=O)c2sc(=O)sc21. The first-order chi connectivity index (χ1) is 5.68. The van der Waals surface area contributed by atoms with Gasteiger partial charge in [0.25, 0.3) is 4.06 Å². The lowest BCUT2D eigenvalue weighted by molar-refractivity contribution is 0.1000. The van der Waals surface area contributed by atoms with E-state index >= 15 is 0 Å². The maximum atomic E-state index is 11.1. The summed E-state index contributed by atoms with van der Waals surface area (Å²) in [5.41, 5.74) is 0. The summed E-state index contributed by atoms with van der Waals surface area (Å²) in [4.78, 5) is 33.6. The van der Waals surface area contributed by atoms with Crippen LogP contribution in [0.25, 0.3) is 0 Å². The highest BCUT2D eigenvalue weighted by Gasteiger charge is 2.22. The number of hydrogen-bond acceptors (Lipinski definition) is 5. The van der Waals surface area contributed by atoms with Crippen LogP contribution in [0.3, 0.4) is 0 Å². The van der Waals surface area contributed by atoms with Gasteiger partial charge in [-0.15, -0.1) is 0 Å². The molecule has 0 atom stereocenters. The zero-order chi connectivity index (χ0) is 8.72. The van der Waals surface area contributed by atoms with E-state index in [0.717, 1.165) is 22.7 Å². The molecule has 0 aromatic carbocycles. The van der Waals surface area contributed by atoms with Gasteiger partial charge < -0.3 is 0 Å². The number of ketones is 2. The van der Waals surface area contributed by atoms with Gasteiger partial charge in [0.15, 0.2) is 11.6 Å². The summed E-state index contributed by atoms with van der Waals surface area (Å²) < 4.78 is -0.203. The molecule has 0 bridgehead atoms. The van der Waals surface area contributed by atoms with Crippen LogP contribution in [0.15, 0.2) is 16.9 Å². The summed E-state index contributed by atoms with van der Waals surface area (Å²) in [5, 5.41) is 0. The highest BCUT2D eigenvalue weighted by atomic mass is 32.2. The van der Waals surface area contributed by atoms with Crippen LogP contribution < -0.4 is 4.06 Å². The minimum atomic E-state index is -0.243. The molecule has 60 valence electrons. The standard InChI is InChI=1S/C7H2O3S2/c8-3-1-2-4(9)6-5(3)11-7(10)12-6/h1-2H. The molecule has 0 saturated carbocycles. The molecular formula is C7H2O3S2. The van der Waals surface area contributed by atoms with Crippen LogP contribution in [-0.4, -0.2) is 11.6 Å². The maximum absolute atomic E-state index is 11.1. The van der Waals surface area contributed by atoms with Gasteiger partial charge in [-0.05, 0) is 12.2 Å². The molecule has 0 saturated heterocycles. The van der Waals surface area contributed by atoms with Gasteiger partial charge >= 0.3 is 0 Å². The molecule has 1 aromatic heterocycles. The summed E-state index contributed by atoms with van der Waals surface area (Å²) in [6, 6.07) is 0. The Kier molecular flexibility index (Phi) is 1.55. The third-order valence-electron chi connectivity index (χ3n) is 1.41. The average Bonchev–Trinajstić information content (AvgIpc) is 2.41. The van der Waals surface area contributed by atoms with Crippen LogP contribution in [0.1, 0.15) is 19.3 Å². The molecule has 1 aliphatic carbocycles. The Hall–Kier alpha value is -1.07. The lowest BCUT2D eigenvalue weighted by Crippen LogP contribution is -2.06. The van der Waals surface area contributed by atoms with Crippen molar-refractivity contribution in [2.24, 2.45) is 0 Å². The van der Waals surface area contributed by atoms with Crippen LogP contribution in [0.5, 0.6) is 0 Å². The van der Waals surface area contributed by atoms with Crippen molar-refractivity contribution in [1.29, 1.82) is 0 Å². The summed E-state index contributed by atoms with van der Waals surface area (Å²) in [6.45, 7) is 0. The quantitative estimate of drug-likeness (QED) is 0.627. The van der Waals surface area contributed by atoms with Crippen LogP contribution >= 0.6 is 22.7 Å².